The van der Waals surface area contributed by atoms with Gasteiger partial charge in [0.2, 0.25) is 0 Å². The number of nitrogens with one attached hydrogen (secondary N) is 1. The van der Waals surface area contributed by atoms with Crippen molar-refractivity contribution in [3.05, 3.63) is 34.6 Å². The van der Waals surface area contributed by atoms with Gasteiger partial charge in [-0.1, -0.05) is 17.7 Å². The maximum Gasteiger partial charge on any atom is 0.156 e. The van der Waals surface area contributed by atoms with Gasteiger partial charge in [0.15, 0.2) is 5.78 Å². The monoisotopic (exact) mass is 298 g/mol. The number of Topliss-reactive ketones (excluding diaryl/α,β-unsaturated/α-hetero) is 1. The third-order valence-electron chi connectivity index (χ3n) is 3.96. The molecular weight excluding hydrogens is 279 g/mol. The predicted molar refractivity (Wildman–Crippen MR) is 78.6 cm³/mol. The summed E-state index contributed by atoms with van der Waals surface area (Å²) in [7, 11) is 0. The molecule has 0 amide bonds. The summed E-state index contributed by atoms with van der Waals surface area (Å²) in [5.41, 5.74) is -0.170. The highest BCUT2D eigenvalue weighted by molar-refractivity contribution is 6.30. The molecule has 5 heteroatoms. The number of carbonyl (C=O) groups excluding carboxylic acids is 1. The van der Waals surface area contributed by atoms with E-state index in [1.54, 1.807) is 12.1 Å². The van der Waals surface area contributed by atoms with Gasteiger partial charge in [0.25, 0.3) is 0 Å². The maximum atomic E-state index is 13.8. The Kier molecular flexibility index (Phi) is 4.78. The number of nitrogens with zero attached hydrogens (tertiary/aromatic N) is 1. The molecule has 0 bridgehead atoms. The van der Waals surface area contributed by atoms with Crippen molar-refractivity contribution < 1.29 is 9.18 Å². The van der Waals surface area contributed by atoms with E-state index >= 15 is 0 Å². The van der Waals surface area contributed by atoms with Crippen molar-refractivity contribution in [3.63, 3.8) is 0 Å². The molecule has 1 aromatic rings. The summed E-state index contributed by atoms with van der Waals surface area (Å²) >= 11 is 5.73. The van der Waals surface area contributed by atoms with Crippen LogP contribution in [0.15, 0.2) is 18.2 Å². The van der Waals surface area contributed by atoms with E-state index in [2.05, 4.69) is 10.2 Å². The highest BCUT2D eigenvalue weighted by Gasteiger charge is 2.34. The van der Waals surface area contributed by atoms with Crippen LogP contribution in [-0.4, -0.2) is 42.4 Å². The molecule has 0 saturated carbocycles. The number of carbonyl (C=O) groups is 1. The minimum absolute atomic E-state index is 0.0284. The van der Waals surface area contributed by atoms with Crippen molar-refractivity contribution in [2.24, 2.45) is 0 Å². The molecule has 1 saturated heterocycles. The molecule has 0 radical (unpaired) electrons. The minimum Gasteiger partial charge on any atom is -0.314 e. The second-order valence-electron chi connectivity index (χ2n) is 5.63. The Morgan fingerprint density at radius 1 is 1.40 bits per heavy atom. The first kappa shape index (κ1) is 15.4. The normalized spacial score (nSPS) is 17.2. The van der Waals surface area contributed by atoms with Gasteiger partial charge >= 0.3 is 0 Å². The van der Waals surface area contributed by atoms with E-state index in [9.17, 15) is 9.18 Å². The summed E-state index contributed by atoms with van der Waals surface area (Å²) in [5, 5.41) is 3.61. The molecule has 2 rings (SSSR count). The summed E-state index contributed by atoms with van der Waals surface area (Å²) in [5.74, 6) is -0.386. The molecule has 1 aliphatic rings. The Bertz CT molecular complexity index is 499. The molecular formula is C15H20ClFN2O. The molecule has 1 aromatic carbocycles. The van der Waals surface area contributed by atoms with E-state index in [-0.39, 0.29) is 12.2 Å². The van der Waals surface area contributed by atoms with Crippen molar-refractivity contribution in [1.82, 2.24) is 10.2 Å². The number of ketones is 1. The topological polar surface area (TPSA) is 32.3 Å². The Hall–Kier alpha value is -0.970. The fourth-order valence-corrected chi connectivity index (χ4v) is 2.61. The SMILES string of the molecule is CC(C)(C(=O)Cc1ccc(Cl)cc1F)N1CCNCC1. The molecule has 20 heavy (non-hydrogen) atoms. The van der Waals surface area contributed by atoms with Gasteiger partial charge in [0, 0.05) is 37.6 Å². The van der Waals surface area contributed by atoms with Crippen LogP contribution in [-0.2, 0) is 11.2 Å². The molecule has 0 spiro atoms. The predicted octanol–water partition coefficient (Wildman–Crippen LogP) is 2.27. The lowest BCUT2D eigenvalue weighted by molar-refractivity contribution is -0.129. The Balaban J connectivity index is 2.09. The van der Waals surface area contributed by atoms with Gasteiger partial charge < -0.3 is 5.32 Å². The number of halogens is 2. The van der Waals surface area contributed by atoms with E-state index < -0.39 is 11.4 Å². The second-order valence-corrected chi connectivity index (χ2v) is 6.07. The highest BCUT2D eigenvalue weighted by atomic mass is 35.5. The maximum absolute atomic E-state index is 13.8. The van der Waals surface area contributed by atoms with Crippen LogP contribution >= 0.6 is 11.6 Å². The lowest BCUT2D eigenvalue weighted by atomic mass is 9.91. The molecule has 1 N–H and O–H groups in total. The van der Waals surface area contributed by atoms with Crippen molar-refractivity contribution >= 4 is 17.4 Å². The summed E-state index contributed by atoms with van der Waals surface area (Å²) in [6.07, 6.45) is 0.0972. The number of rotatable bonds is 4. The van der Waals surface area contributed by atoms with Crippen molar-refractivity contribution in [1.29, 1.82) is 0 Å². The number of benzene rings is 1. The summed E-state index contributed by atoms with van der Waals surface area (Å²) in [6.45, 7) is 7.25. The number of hydrogen-bond donors (Lipinski definition) is 1. The van der Waals surface area contributed by atoms with E-state index in [1.807, 2.05) is 13.8 Å². The first-order valence-corrected chi connectivity index (χ1v) is 7.22. The van der Waals surface area contributed by atoms with E-state index in [0.717, 1.165) is 26.2 Å². The zero-order valence-electron chi connectivity index (χ0n) is 11.9. The molecule has 0 atom stereocenters. The Labute approximate surface area is 124 Å². The minimum atomic E-state index is -0.575. The zero-order valence-corrected chi connectivity index (χ0v) is 12.6. The van der Waals surface area contributed by atoms with Gasteiger partial charge in [-0.05, 0) is 31.5 Å². The van der Waals surface area contributed by atoms with E-state index in [1.165, 1.54) is 6.07 Å². The average Bonchev–Trinajstić information content (AvgIpc) is 2.42. The van der Waals surface area contributed by atoms with Crippen LogP contribution in [0.2, 0.25) is 5.02 Å². The quantitative estimate of drug-likeness (QED) is 0.925. The highest BCUT2D eigenvalue weighted by Crippen LogP contribution is 2.21. The van der Waals surface area contributed by atoms with Crippen molar-refractivity contribution in [2.75, 3.05) is 26.2 Å². The lowest BCUT2D eigenvalue weighted by Crippen LogP contribution is -2.57. The third kappa shape index (κ3) is 3.37. The Morgan fingerprint density at radius 2 is 2.05 bits per heavy atom. The van der Waals surface area contributed by atoms with Gasteiger partial charge in [-0.2, -0.15) is 0 Å². The molecule has 1 aliphatic heterocycles. The smallest absolute Gasteiger partial charge is 0.156 e. The fourth-order valence-electron chi connectivity index (χ4n) is 2.45. The molecule has 1 fully saturated rings. The van der Waals surface area contributed by atoms with Gasteiger partial charge in [-0.3, -0.25) is 9.69 Å². The van der Waals surface area contributed by atoms with Gasteiger partial charge in [0.05, 0.1) is 5.54 Å². The number of piperazine rings is 1. The van der Waals surface area contributed by atoms with Crippen molar-refractivity contribution in [2.45, 2.75) is 25.8 Å². The third-order valence-corrected chi connectivity index (χ3v) is 4.19. The largest absolute Gasteiger partial charge is 0.314 e. The fraction of sp³-hybridized carbons (Fsp3) is 0.533. The summed E-state index contributed by atoms with van der Waals surface area (Å²) in [6, 6.07) is 4.45. The molecule has 0 aliphatic carbocycles. The summed E-state index contributed by atoms with van der Waals surface area (Å²) in [4.78, 5) is 14.7. The average molecular weight is 299 g/mol. The van der Waals surface area contributed by atoms with E-state index in [0.29, 0.717) is 10.6 Å². The van der Waals surface area contributed by atoms with E-state index in [4.69, 9.17) is 11.6 Å². The molecule has 1 heterocycles. The molecule has 110 valence electrons. The van der Waals surface area contributed by atoms with Crippen LogP contribution < -0.4 is 5.32 Å². The lowest BCUT2D eigenvalue weighted by Gasteiger charge is -2.40. The zero-order chi connectivity index (χ0) is 14.8. The first-order valence-electron chi connectivity index (χ1n) is 6.84. The molecule has 0 unspecified atom stereocenters. The first-order chi connectivity index (χ1) is 9.41. The van der Waals surface area contributed by atoms with Crippen LogP contribution in [0.4, 0.5) is 4.39 Å². The molecule has 0 aromatic heterocycles. The van der Waals surface area contributed by atoms with Crippen LogP contribution in [0.5, 0.6) is 0 Å². The summed E-state index contributed by atoms with van der Waals surface area (Å²) < 4.78 is 13.8. The Morgan fingerprint density at radius 3 is 2.65 bits per heavy atom. The van der Waals surface area contributed by atoms with Gasteiger partial charge in [0.1, 0.15) is 5.82 Å². The van der Waals surface area contributed by atoms with Gasteiger partial charge in [-0.25, -0.2) is 4.39 Å². The van der Waals surface area contributed by atoms with Crippen LogP contribution in [0.25, 0.3) is 0 Å². The van der Waals surface area contributed by atoms with Crippen LogP contribution in [0.3, 0.4) is 0 Å². The second kappa shape index (κ2) is 6.20. The standard InChI is InChI=1S/C15H20ClFN2O/c1-15(2,19-7-5-18-6-8-19)14(20)9-11-3-4-12(16)10-13(11)17/h3-4,10,18H,5-9H2,1-2H3. The number of hydrogen-bond acceptors (Lipinski definition) is 3. The van der Waals surface area contributed by atoms with Crippen LogP contribution in [0.1, 0.15) is 19.4 Å². The van der Waals surface area contributed by atoms with Crippen LogP contribution in [0, 0.1) is 5.82 Å². The van der Waals surface area contributed by atoms with Gasteiger partial charge in [-0.15, -0.1) is 0 Å². The van der Waals surface area contributed by atoms with Crippen molar-refractivity contribution in [3.8, 4) is 0 Å². The molecule has 3 nitrogen and oxygen atoms in total.